The molecular weight excluding hydrogens is 524 g/mol. The molecule has 1 spiro atoms. The Balaban J connectivity index is 1.77. The van der Waals surface area contributed by atoms with E-state index in [2.05, 4.69) is 20.1 Å². The lowest BCUT2D eigenvalue weighted by molar-refractivity contribution is -0.155. The average molecular weight is 569 g/mol. The fourth-order valence-electron chi connectivity index (χ4n) is 7.27. The van der Waals surface area contributed by atoms with E-state index >= 15 is 0 Å². The van der Waals surface area contributed by atoms with Crippen LogP contribution in [-0.4, -0.2) is 69.6 Å². The highest BCUT2D eigenvalue weighted by molar-refractivity contribution is 8.02. The van der Waals surface area contributed by atoms with Crippen molar-refractivity contribution in [3.8, 4) is 0 Å². The maximum atomic E-state index is 14.8. The molecule has 1 aromatic rings. The van der Waals surface area contributed by atoms with Crippen LogP contribution in [0.1, 0.15) is 57.1 Å². The Morgan fingerprint density at radius 2 is 1.95 bits per heavy atom. The van der Waals surface area contributed by atoms with Crippen molar-refractivity contribution >= 4 is 35.2 Å². The average Bonchev–Trinajstić information content (AvgIpc) is 3.52. The number of hydrogen-bond donors (Lipinski definition) is 1. The number of aliphatic hydroxyl groups is 1. The minimum atomic E-state index is -0.809. The molecule has 8 heteroatoms. The molecule has 4 rings (SSSR count). The smallest absolute Gasteiger partial charge is 0.310 e. The summed E-state index contributed by atoms with van der Waals surface area (Å²) in [6, 6.07) is 4.59. The number of para-hydroxylation sites is 1. The summed E-state index contributed by atoms with van der Waals surface area (Å²) in [6.45, 7) is 16.0. The van der Waals surface area contributed by atoms with E-state index in [-0.39, 0.29) is 35.6 Å². The summed E-state index contributed by atoms with van der Waals surface area (Å²) in [5.74, 6) is -1.96. The van der Waals surface area contributed by atoms with Gasteiger partial charge in [0.15, 0.2) is 0 Å². The molecule has 1 aromatic carbocycles. The Bertz CT molecular complexity index is 1130. The van der Waals surface area contributed by atoms with Crippen LogP contribution in [0.2, 0.25) is 0 Å². The van der Waals surface area contributed by atoms with Gasteiger partial charge in [0.25, 0.3) is 5.91 Å². The van der Waals surface area contributed by atoms with Crippen LogP contribution in [0, 0.1) is 31.6 Å². The summed E-state index contributed by atoms with van der Waals surface area (Å²) < 4.78 is 4.96. The first-order chi connectivity index (χ1) is 19.2. The van der Waals surface area contributed by atoms with E-state index in [4.69, 9.17) is 4.74 Å². The van der Waals surface area contributed by atoms with Gasteiger partial charge in [-0.1, -0.05) is 44.2 Å². The third-order valence-electron chi connectivity index (χ3n) is 9.10. The molecule has 0 saturated carbocycles. The number of unbranched alkanes of at least 4 members (excludes halogenated alkanes) is 2. The van der Waals surface area contributed by atoms with Crippen LogP contribution in [0.25, 0.3) is 0 Å². The van der Waals surface area contributed by atoms with E-state index in [0.717, 1.165) is 42.5 Å². The Kier molecular flexibility index (Phi) is 9.51. The molecule has 3 saturated heterocycles. The molecule has 3 fully saturated rings. The highest BCUT2D eigenvalue weighted by Gasteiger charge is 2.77. The van der Waals surface area contributed by atoms with Crippen LogP contribution in [0.4, 0.5) is 5.69 Å². The van der Waals surface area contributed by atoms with Crippen molar-refractivity contribution in [3.05, 3.63) is 54.6 Å². The third kappa shape index (κ3) is 4.91. The first kappa shape index (κ1) is 30.4. The molecule has 0 aliphatic carbocycles. The number of ether oxygens (including phenoxy) is 1. The number of hydrogen-bond acceptors (Lipinski definition) is 6. The summed E-state index contributed by atoms with van der Waals surface area (Å²) in [5, 5.41) is 10.3. The molecule has 40 heavy (non-hydrogen) atoms. The predicted molar refractivity (Wildman–Crippen MR) is 160 cm³/mol. The molecule has 3 aliphatic rings. The van der Waals surface area contributed by atoms with Gasteiger partial charge < -0.3 is 19.6 Å². The van der Waals surface area contributed by atoms with Crippen molar-refractivity contribution in [3.63, 3.8) is 0 Å². The summed E-state index contributed by atoms with van der Waals surface area (Å²) in [6.07, 6.45) is 7.29. The summed E-state index contributed by atoms with van der Waals surface area (Å²) in [7, 11) is 0. The van der Waals surface area contributed by atoms with Gasteiger partial charge in [0.1, 0.15) is 6.04 Å². The molecule has 1 N–H and O–H groups in total. The summed E-state index contributed by atoms with van der Waals surface area (Å²) >= 11 is 1.63. The minimum Gasteiger partial charge on any atom is -0.465 e. The van der Waals surface area contributed by atoms with Gasteiger partial charge in [-0.05, 0) is 63.0 Å². The lowest BCUT2D eigenvalue weighted by atomic mass is 9.66. The maximum Gasteiger partial charge on any atom is 0.310 e. The second-order valence-electron chi connectivity index (χ2n) is 11.5. The number of carbonyl (C=O) groups excluding carboxylic acids is 3. The molecule has 7 nitrogen and oxygen atoms in total. The van der Waals surface area contributed by atoms with Crippen molar-refractivity contribution < 1.29 is 24.2 Å². The molecule has 0 radical (unpaired) electrons. The molecule has 2 bridgehead atoms. The number of aliphatic hydroxyl groups excluding tert-OH is 1. The molecule has 2 amide bonds. The first-order valence-corrected chi connectivity index (χ1v) is 15.4. The summed E-state index contributed by atoms with van der Waals surface area (Å²) in [5.41, 5.74) is 2.74. The van der Waals surface area contributed by atoms with Crippen LogP contribution >= 0.6 is 11.8 Å². The van der Waals surface area contributed by atoms with E-state index in [0.29, 0.717) is 19.6 Å². The quantitative estimate of drug-likeness (QED) is 0.208. The number of allylic oxidation sites excluding steroid dienone is 1. The normalized spacial score (nSPS) is 29.3. The number of aryl methyl sites for hydroxylation is 2. The number of benzene rings is 1. The van der Waals surface area contributed by atoms with E-state index in [9.17, 15) is 19.5 Å². The Labute approximate surface area is 243 Å². The van der Waals surface area contributed by atoms with Crippen molar-refractivity contribution in [2.45, 2.75) is 81.9 Å². The van der Waals surface area contributed by atoms with Crippen LogP contribution in [-0.2, 0) is 19.1 Å². The van der Waals surface area contributed by atoms with Crippen LogP contribution in [0.5, 0.6) is 0 Å². The fourth-order valence-corrected chi connectivity index (χ4v) is 9.66. The third-order valence-corrected chi connectivity index (χ3v) is 11.2. The molecule has 7 atom stereocenters. The lowest BCUT2D eigenvalue weighted by Gasteiger charge is -2.42. The second kappa shape index (κ2) is 12.5. The van der Waals surface area contributed by atoms with E-state index in [1.807, 2.05) is 45.0 Å². The number of nitrogens with zero attached hydrogens (tertiary/aromatic N) is 2. The van der Waals surface area contributed by atoms with Gasteiger partial charge >= 0.3 is 5.97 Å². The Morgan fingerprint density at radius 1 is 1.25 bits per heavy atom. The number of anilines is 1. The highest BCUT2D eigenvalue weighted by Crippen LogP contribution is 2.69. The number of amides is 2. The molecule has 3 heterocycles. The van der Waals surface area contributed by atoms with Crippen LogP contribution in [0.15, 0.2) is 43.5 Å². The summed E-state index contributed by atoms with van der Waals surface area (Å²) in [4.78, 5) is 46.1. The molecular formula is C32H44N2O5S. The van der Waals surface area contributed by atoms with Crippen molar-refractivity contribution in [1.29, 1.82) is 0 Å². The number of thioether (sulfide) groups is 1. The van der Waals surface area contributed by atoms with Crippen LogP contribution < -0.4 is 4.90 Å². The van der Waals surface area contributed by atoms with Gasteiger partial charge in [0.05, 0.1) is 35.8 Å². The largest absolute Gasteiger partial charge is 0.465 e. The Hall–Kier alpha value is -2.58. The topological polar surface area (TPSA) is 87.1 Å². The van der Waals surface area contributed by atoms with E-state index < -0.39 is 28.7 Å². The zero-order valence-electron chi connectivity index (χ0n) is 24.3. The van der Waals surface area contributed by atoms with E-state index in [1.54, 1.807) is 27.6 Å². The number of carbonyl (C=O) groups is 3. The molecule has 0 aromatic heterocycles. The minimum absolute atomic E-state index is 0.0341. The first-order valence-electron chi connectivity index (χ1n) is 14.6. The van der Waals surface area contributed by atoms with Gasteiger partial charge in [-0.2, -0.15) is 0 Å². The lowest BCUT2D eigenvalue weighted by Crippen LogP contribution is -2.59. The van der Waals surface area contributed by atoms with Gasteiger partial charge in [0.2, 0.25) is 5.91 Å². The fraction of sp³-hybridized carbons (Fsp3) is 0.594. The van der Waals surface area contributed by atoms with Crippen molar-refractivity contribution in [2.75, 3.05) is 24.7 Å². The number of fused-ring (bicyclic) bond motifs is 1. The van der Waals surface area contributed by atoms with E-state index in [1.165, 1.54) is 0 Å². The SMILES string of the molecule is C=CCCCCOC(=O)[C@@H]1[C@H]2C(=O)N([C@@H](CC)CO)C(C(=O)N(CC=C)c3c(C)cccc3C)C23S[C@@H]1CC3C. The standard InChI is InChI=1S/C32H44N2O5S/c1-7-10-11-12-17-39-31(38)25-24-18-22(6)32(40-24)26(25)29(36)34(23(9-3)19-35)28(32)30(37)33(16-8-2)27-20(4)14-13-15-21(27)5/h7-8,13-15,22-26,28,35H,1-2,9-12,16-19H2,3-6H3/t22?,23-,24+,25-,26-,28?,32?/m0/s1. The van der Waals surface area contributed by atoms with Gasteiger partial charge in [-0.15, -0.1) is 24.9 Å². The monoisotopic (exact) mass is 568 g/mol. The van der Waals surface area contributed by atoms with Gasteiger partial charge in [0, 0.05) is 17.5 Å². The second-order valence-corrected chi connectivity index (χ2v) is 13.0. The molecule has 3 unspecified atom stereocenters. The number of likely N-dealkylation sites (tertiary alicyclic amines) is 1. The van der Waals surface area contributed by atoms with Gasteiger partial charge in [-0.3, -0.25) is 14.4 Å². The zero-order valence-corrected chi connectivity index (χ0v) is 25.1. The predicted octanol–water partition coefficient (Wildman–Crippen LogP) is 4.83. The molecule has 3 aliphatic heterocycles. The molecule has 218 valence electrons. The zero-order chi connectivity index (χ0) is 29.2. The number of rotatable bonds is 13. The Morgan fingerprint density at radius 3 is 2.55 bits per heavy atom. The number of esters is 1. The van der Waals surface area contributed by atoms with Gasteiger partial charge in [-0.25, -0.2) is 0 Å². The van der Waals surface area contributed by atoms with Crippen LogP contribution in [0.3, 0.4) is 0 Å². The van der Waals surface area contributed by atoms with Crippen molar-refractivity contribution in [2.24, 2.45) is 17.8 Å². The highest BCUT2D eigenvalue weighted by atomic mass is 32.2. The maximum absolute atomic E-state index is 14.8. The van der Waals surface area contributed by atoms with Crippen molar-refractivity contribution in [1.82, 2.24) is 4.90 Å².